The molecule has 3 aliphatic rings. The van der Waals surface area contributed by atoms with Crippen LogP contribution < -0.4 is 5.32 Å². The molecule has 1 aromatic carbocycles. The van der Waals surface area contributed by atoms with Gasteiger partial charge in [0.05, 0.1) is 18.6 Å². The largest absolute Gasteiger partial charge is 0.355 e. The van der Waals surface area contributed by atoms with Crippen LogP contribution in [0.1, 0.15) is 31.7 Å². The van der Waals surface area contributed by atoms with E-state index in [0.717, 1.165) is 31.4 Å². The summed E-state index contributed by atoms with van der Waals surface area (Å²) >= 11 is 0. The second-order valence-corrected chi connectivity index (χ2v) is 6.79. The molecule has 0 unspecified atom stereocenters. The molecule has 22 heavy (non-hydrogen) atoms. The highest BCUT2D eigenvalue weighted by atomic mass is 16.7. The summed E-state index contributed by atoms with van der Waals surface area (Å²) in [5.41, 5.74) is 0.705. The number of carbonyl (C=O) groups is 1. The molecule has 1 aliphatic carbocycles. The highest BCUT2D eigenvalue weighted by molar-refractivity contribution is 5.89. The first-order valence-electron chi connectivity index (χ1n) is 8.31. The molecule has 3 atom stereocenters. The minimum atomic E-state index is -0.472. The Hall–Kier alpha value is -1.39. The third-order valence-electron chi connectivity index (χ3n) is 6.01. The molecule has 0 aromatic heterocycles. The summed E-state index contributed by atoms with van der Waals surface area (Å²) in [5, 5.41) is 3.10. The van der Waals surface area contributed by atoms with Gasteiger partial charge in [0.15, 0.2) is 5.79 Å². The van der Waals surface area contributed by atoms with Gasteiger partial charge in [-0.1, -0.05) is 37.3 Å². The minimum absolute atomic E-state index is 0.176. The molecule has 0 radical (unpaired) electrons. The van der Waals surface area contributed by atoms with E-state index in [9.17, 15) is 4.79 Å². The predicted octanol–water partition coefficient (Wildman–Crippen LogP) is 2.23. The molecule has 2 heterocycles. The minimum Gasteiger partial charge on any atom is -0.355 e. The monoisotopic (exact) mass is 301 g/mol. The van der Waals surface area contributed by atoms with Crippen molar-refractivity contribution >= 4 is 5.91 Å². The van der Waals surface area contributed by atoms with Crippen molar-refractivity contribution in [2.24, 2.45) is 11.8 Å². The SMILES string of the molecule is C[C@H]1[C@@H]2CCNC(=O)[C@@]2(c2ccccc2)CCC12OCCO2. The second-order valence-electron chi connectivity index (χ2n) is 6.79. The lowest BCUT2D eigenvalue weighted by molar-refractivity contribution is -0.235. The molecule has 4 nitrogen and oxygen atoms in total. The van der Waals surface area contributed by atoms with E-state index in [0.29, 0.717) is 13.2 Å². The summed E-state index contributed by atoms with van der Waals surface area (Å²) in [7, 11) is 0. The molecule has 1 amide bonds. The van der Waals surface area contributed by atoms with E-state index in [-0.39, 0.29) is 17.7 Å². The molecular formula is C18H23NO3. The maximum Gasteiger partial charge on any atom is 0.230 e. The van der Waals surface area contributed by atoms with E-state index in [1.54, 1.807) is 0 Å². The number of amides is 1. The third kappa shape index (κ3) is 1.80. The van der Waals surface area contributed by atoms with Gasteiger partial charge >= 0.3 is 0 Å². The smallest absolute Gasteiger partial charge is 0.230 e. The maximum absolute atomic E-state index is 12.9. The van der Waals surface area contributed by atoms with Crippen LogP contribution in [0.3, 0.4) is 0 Å². The van der Waals surface area contributed by atoms with Gasteiger partial charge in [-0.25, -0.2) is 0 Å². The fourth-order valence-electron chi connectivity index (χ4n) is 4.90. The zero-order valence-electron chi connectivity index (χ0n) is 13.0. The fourth-order valence-corrected chi connectivity index (χ4v) is 4.90. The number of piperidine rings is 1. The molecule has 1 spiro atoms. The number of hydrogen-bond donors (Lipinski definition) is 1. The van der Waals surface area contributed by atoms with Crippen LogP contribution in [0.15, 0.2) is 30.3 Å². The number of rotatable bonds is 1. The molecular weight excluding hydrogens is 278 g/mol. The Morgan fingerprint density at radius 3 is 2.59 bits per heavy atom. The quantitative estimate of drug-likeness (QED) is 0.865. The Bertz CT molecular complexity index is 567. The van der Waals surface area contributed by atoms with Gasteiger partial charge in [-0.05, 0) is 24.3 Å². The van der Waals surface area contributed by atoms with Gasteiger partial charge in [0.1, 0.15) is 0 Å². The summed E-state index contributed by atoms with van der Waals surface area (Å²) in [4.78, 5) is 12.9. The summed E-state index contributed by atoms with van der Waals surface area (Å²) in [6.07, 6.45) is 2.56. The standard InChI is InChI=1S/C18H23NO3/c1-13-15-7-10-19-16(20)17(15,14-5-3-2-4-6-14)8-9-18(13)21-11-12-22-18/h2-6,13,15H,7-12H2,1H3,(H,19,20)/t13-,15-,17+/m0/s1. The Labute approximate surface area is 131 Å². The molecule has 118 valence electrons. The number of ether oxygens (including phenoxy) is 2. The molecule has 1 N–H and O–H groups in total. The van der Waals surface area contributed by atoms with E-state index >= 15 is 0 Å². The predicted molar refractivity (Wildman–Crippen MR) is 82.3 cm³/mol. The highest BCUT2D eigenvalue weighted by Crippen LogP contribution is 2.55. The Morgan fingerprint density at radius 1 is 1.14 bits per heavy atom. The lowest BCUT2D eigenvalue weighted by Gasteiger charge is -2.54. The van der Waals surface area contributed by atoms with Gasteiger partial charge < -0.3 is 14.8 Å². The number of nitrogens with one attached hydrogen (secondary N) is 1. The maximum atomic E-state index is 12.9. The van der Waals surface area contributed by atoms with Crippen LogP contribution in [0.2, 0.25) is 0 Å². The van der Waals surface area contributed by atoms with Gasteiger partial charge in [-0.3, -0.25) is 4.79 Å². The molecule has 4 rings (SSSR count). The fraction of sp³-hybridized carbons (Fsp3) is 0.611. The van der Waals surface area contributed by atoms with Gasteiger partial charge in [0, 0.05) is 18.9 Å². The summed E-state index contributed by atoms with van der Waals surface area (Å²) in [5.74, 6) is 0.181. The molecule has 1 aromatic rings. The summed E-state index contributed by atoms with van der Waals surface area (Å²) < 4.78 is 12.0. The normalized spacial score (nSPS) is 36.9. The van der Waals surface area contributed by atoms with Gasteiger partial charge in [-0.15, -0.1) is 0 Å². The van der Waals surface area contributed by atoms with Crippen molar-refractivity contribution in [2.75, 3.05) is 19.8 Å². The van der Waals surface area contributed by atoms with E-state index in [4.69, 9.17) is 9.47 Å². The van der Waals surface area contributed by atoms with E-state index in [1.807, 2.05) is 18.2 Å². The van der Waals surface area contributed by atoms with Gasteiger partial charge in [0.25, 0.3) is 0 Å². The van der Waals surface area contributed by atoms with Crippen molar-refractivity contribution in [3.63, 3.8) is 0 Å². The van der Waals surface area contributed by atoms with Crippen LogP contribution in [-0.4, -0.2) is 31.5 Å². The van der Waals surface area contributed by atoms with Crippen LogP contribution in [-0.2, 0) is 19.7 Å². The van der Waals surface area contributed by atoms with E-state index in [1.165, 1.54) is 0 Å². The highest BCUT2D eigenvalue weighted by Gasteiger charge is 2.61. The zero-order valence-corrected chi connectivity index (χ0v) is 13.0. The lowest BCUT2D eigenvalue weighted by Crippen LogP contribution is -2.63. The Morgan fingerprint density at radius 2 is 1.86 bits per heavy atom. The zero-order chi connectivity index (χ0) is 15.2. The summed E-state index contributed by atoms with van der Waals surface area (Å²) in [6, 6.07) is 10.3. The van der Waals surface area contributed by atoms with Crippen molar-refractivity contribution in [3.8, 4) is 0 Å². The molecule has 2 saturated heterocycles. The van der Waals surface area contributed by atoms with Crippen LogP contribution in [0, 0.1) is 11.8 Å². The van der Waals surface area contributed by atoms with Crippen molar-refractivity contribution in [2.45, 2.75) is 37.4 Å². The second kappa shape index (κ2) is 5.07. The molecule has 1 saturated carbocycles. The summed E-state index contributed by atoms with van der Waals surface area (Å²) in [6.45, 7) is 4.28. The van der Waals surface area contributed by atoms with Crippen molar-refractivity contribution in [1.82, 2.24) is 5.32 Å². The molecule has 2 aliphatic heterocycles. The topological polar surface area (TPSA) is 47.6 Å². The van der Waals surface area contributed by atoms with E-state index < -0.39 is 11.2 Å². The number of hydrogen-bond acceptors (Lipinski definition) is 3. The van der Waals surface area contributed by atoms with Crippen LogP contribution in [0.5, 0.6) is 0 Å². The van der Waals surface area contributed by atoms with Crippen molar-refractivity contribution in [3.05, 3.63) is 35.9 Å². The number of fused-ring (bicyclic) bond motifs is 1. The van der Waals surface area contributed by atoms with Crippen LogP contribution in [0.25, 0.3) is 0 Å². The third-order valence-corrected chi connectivity index (χ3v) is 6.01. The first-order valence-corrected chi connectivity index (χ1v) is 8.31. The average molecular weight is 301 g/mol. The molecule has 3 fully saturated rings. The average Bonchev–Trinajstić information content (AvgIpc) is 3.03. The van der Waals surface area contributed by atoms with E-state index in [2.05, 4.69) is 24.4 Å². The first-order chi connectivity index (χ1) is 10.7. The molecule has 4 heteroatoms. The lowest BCUT2D eigenvalue weighted by atomic mass is 9.54. The molecule has 0 bridgehead atoms. The Balaban J connectivity index is 1.79. The Kier molecular flexibility index (Phi) is 3.27. The number of carbonyl (C=O) groups excluding carboxylic acids is 1. The van der Waals surface area contributed by atoms with Gasteiger partial charge in [0.2, 0.25) is 5.91 Å². The number of benzene rings is 1. The van der Waals surface area contributed by atoms with Gasteiger partial charge in [-0.2, -0.15) is 0 Å². The van der Waals surface area contributed by atoms with Crippen molar-refractivity contribution < 1.29 is 14.3 Å². The van der Waals surface area contributed by atoms with Crippen LogP contribution in [0.4, 0.5) is 0 Å². The van der Waals surface area contributed by atoms with Crippen molar-refractivity contribution in [1.29, 1.82) is 0 Å². The van der Waals surface area contributed by atoms with Crippen LogP contribution >= 0.6 is 0 Å². The first kappa shape index (κ1) is 14.2.